The summed E-state index contributed by atoms with van der Waals surface area (Å²) >= 11 is 0. The molecule has 0 unspecified atom stereocenters. The van der Waals surface area contributed by atoms with Gasteiger partial charge in [-0.2, -0.15) is 0 Å². The van der Waals surface area contributed by atoms with Gasteiger partial charge < -0.3 is 14.5 Å². The third kappa shape index (κ3) is 5.19. The van der Waals surface area contributed by atoms with Gasteiger partial charge in [0, 0.05) is 44.2 Å². The zero-order valence-electron chi connectivity index (χ0n) is 16.1. The number of hydrogen-bond acceptors (Lipinski definition) is 3. The minimum absolute atomic E-state index is 0.00498. The van der Waals surface area contributed by atoms with E-state index in [1.807, 2.05) is 24.3 Å². The van der Waals surface area contributed by atoms with Crippen LogP contribution in [0.4, 0.5) is 8.78 Å². The first kappa shape index (κ1) is 20.5. The fourth-order valence-electron chi connectivity index (χ4n) is 3.12. The Kier molecular flexibility index (Phi) is 6.59. The summed E-state index contributed by atoms with van der Waals surface area (Å²) in [5.74, 6) is -1.58. The fraction of sp³-hybridized carbons (Fsp3) is 0.273. The average molecular weight is 400 g/mol. The lowest BCUT2D eigenvalue weighted by atomic mass is 10.2. The first-order chi connectivity index (χ1) is 14.0. The van der Waals surface area contributed by atoms with Crippen LogP contribution in [-0.2, 0) is 16.1 Å². The Labute approximate surface area is 168 Å². The lowest BCUT2D eigenvalue weighted by Crippen LogP contribution is -2.34. The molecule has 0 N–H and O–H groups in total. The number of methoxy groups -OCH3 is 1. The highest BCUT2D eigenvalue weighted by Crippen LogP contribution is 2.16. The molecule has 0 saturated carbocycles. The lowest BCUT2D eigenvalue weighted by molar-refractivity contribution is -0.130. The van der Waals surface area contributed by atoms with E-state index in [1.165, 1.54) is 24.3 Å². The molecule has 29 heavy (non-hydrogen) atoms. The minimum Gasteiger partial charge on any atom is -0.497 e. The molecule has 1 heterocycles. The maximum absolute atomic E-state index is 13.7. The average Bonchev–Trinajstić information content (AvgIpc) is 2.91. The highest BCUT2D eigenvalue weighted by molar-refractivity contribution is 5.92. The van der Waals surface area contributed by atoms with Gasteiger partial charge in [-0.05, 0) is 29.8 Å². The normalized spacial score (nSPS) is 14.9. The van der Waals surface area contributed by atoms with Crippen molar-refractivity contribution in [2.24, 2.45) is 0 Å². The fourth-order valence-corrected chi connectivity index (χ4v) is 3.12. The van der Waals surface area contributed by atoms with Crippen molar-refractivity contribution in [3.05, 3.63) is 71.3 Å². The van der Waals surface area contributed by atoms with Gasteiger partial charge in [0.1, 0.15) is 5.75 Å². The molecule has 3 rings (SSSR count). The molecule has 152 valence electrons. The summed E-state index contributed by atoms with van der Waals surface area (Å²) in [7, 11) is 1.59. The van der Waals surface area contributed by atoms with Crippen molar-refractivity contribution in [1.82, 2.24) is 9.80 Å². The Bertz CT molecular complexity index is 913. The summed E-state index contributed by atoms with van der Waals surface area (Å²) in [6.07, 6.45) is 2.67. The minimum atomic E-state index is -0.992. The molecule has 1 aliphatic heterocycles. The second-order valence-electron chi connectivity index (χ2n) is 6.72. The Balaban J connectivity index is 1.61. The van der Waals surface area contributed by atoms with Crippen molar-refractivity contribution in [1.29, 1.82) is 0 Å². The number of carbonyl (C=O) groups excluding carboxylic acids is 2. The standard InChI is InChI=1S/C22H22F2N2O3/c1-29-18-8-5-16(6-9-18)15-26-14-13-25(12-11-21(26)28)20(27)10-7-17-3-2-4-19(23)22(17)24/h2-10H,11-15H2,1H3/b10-7+. The number of ether oxygens (including phenoxy) is 1. The smallest absolute Gasteiger partial charge is 0.246 e. The topological polar surface area (TPSA) is 49.9 Å². The van der Waals surface area contributed by atoms with Crippen LogP contribution in [0.2, 0.25) is 0 Å². The number of carbonyl (C=O) groups is 2. The highest BCUT2D eigenvalue weighted by atomic mass is 19.2. The highest BCUT2D eigenvalue weighted by Gasteiger charge is 2.23. The first-order valence-electron chi connectivity index (χ1n) is 9.29. The summed E-state index contributed by atoms with van der Waals surface area (Å²) in [5, 5.41) is 0. The van der Waals surface area contributed by atoms with Crippen LogP contribution in [0.3, 0.4) is 0 Å². The first-order valence-corrected chi connectivity index (χ1v) is 9.29. The van der Waals surface area contributed by atoms with Crippen molar-refractivity contribution in [3.8, 4) is 5.75 Å². The van der Waals surface area contributed by atoms with Crippen molar-refractivity contribution < 1.29 is 23.1 Å². The largest absolute Gasteiger partial charge is 0.497 e. The molecule has 0 aromatic heterocycles. The molecule has 2 aromatic carbocycles. The van der Waals surface area contributed by atoms with E-state index in [0.717, 1.165) is 17.4 Å². The van der Waals surface area contributed by atoms with E-state index in [1.54, 1.807) is 16.9 Å². The summed E-state index contributed by atoms with van der Waals surface area (Å²) in [6.45, 7) is 1.51. The molecule has 0 bridgehead atoms. The van der Waals surface area contributed by atoms with Crippen molar-refractivity contribution in [2.75, 3.05) is 26.7 Å². The molecule has 0 atom stereocenters. The van der Waals surface area contributed by atoms with Crippen LogP contribution in [0.25, 0.3) is 6.08 Å². The van der Waals surface area contributed by atoms with E-state index < -0.39 is 11.6 Å². The number of hydrogen-bond donors (Lipinski definition) is 0. The maximum Gasteiger partial charge on any atom is 0.246 e. The molecule has 1 aliphatic rings. The van der Waals surface area contributed by atoms with Gasteiger partial charge in [0.25, 0.3) is 0 Å². The van der Waals surface area contributed by atoms with E-state index >= 15 is 0 Å². The Morgan fingerprint density at radius 2 is 1.86 bits per heavy atom. The van der Waals surface area contributed by atoms with Crippen molar-refractivity contribution in [3.63, 3.8) is 0 Å². The number of halogens is 2. The zero-order valence-corrected chi connectivity index (χ0v) is 16.1. The summed E-state index contributed by atoms with van der Waals surface area (Å²) in [4.78, 5) is 28.1. The summed E-state index contributed by atoms with van der Waals surface area (Å²) in [6, 6.07) is 11.3. The molecule has 1 fully saturated rings. The third-order valence-electron chi connectivity index (χ3n) is 4.82. The van der Waals surface area contributed by atoms with E-state index in [0.29, 0.717) is 19.6 Å². The maximum atomic E-state index is 13.7. The number of rotatable bonds is 5. The number of benzene rings is 2. The molecule has 2 aromatic rings. The Hall–Kier alpha value is -3.22. The van der Waals surface area contributed by atoms with Gasteiger partial charge in [0.15, 0.2) is 11.6 Å². The Morgan fingerprint density at radius 1 is 1.10 bits per heavy atom. The SMILES string of the molecule is COc1ccc(CN2CCN(C(=O)/C=C/c3cccc(F)c3F)CCC2=O)cc1. The molecule has 1 saturated heterocycles. The third-order valence-corrected chi connectivity index (χ3v) is 4.82. The molecule has 0 spiro atoms. The monoisotopic (exact) mass is 400 g/mol. The predicted molar refractivity (Wildman–Crippen MR) is 105 cm³/mol. The molecule has 0 radical (unpaired) electrons. The van der Waals surface area contributed by atoms with Gasteiger partial charge in [0.05, 0.1) is 7.11 Å². The van der Waals surface area contributed by atoms with Crippen LogP contribution in [0, 0.1) is 11.6 Å². The summed E-state index contributed by atoms with van der Waals surface area (Å²) in [5.41, 5.74) is 0.978. The second kappa shape index (κ2) is 9.32. The van der Waals surface area contributed by atoms with E-state index in [2.05, 4.69) is 0 Å². The number of amides is 2. The zero-order chi connectivity index (χ0) is 20.8. The van der Waals surface area contributed by atoms with E-state index in [-0.39, 0.29) is 30.3 Å². The van der Waals surface area contributed by atoms with Gasteiger partial charge in [-0.25, -0.2) is 8.78 Å². The Morgan fingerprint density at radius 3 is 2.59 bits per heavy atom. The number of nitrogens with zero attached hydrogens (tertiary/aromatic N) is 2. The van der Waals surface area contributed by atoms with Crippen molar-refractivity contribution in [2.45, 2.75) is 13.0 Å². The molecule has 5 nitrogen and oxygen atoms in total. The van der Waals surface area contributed by atoms with Crippen LogP contribution in [0.15, 0.2) is 48.5 Å². The molecule has 7 heteroatoms. The van der Waals surface area contributed by atoms with Crippen LogP contribution < -0.4 is 4.74 Å². The van der Waals surface area contributed by atoms with Gasteiger partial charge in [0.2, 0.25) is 11.8 Å². The lowest BCUT2D eigenvalue weighted by Gasteiger charge is -2.21. The second-order valence-corrected chi connectivity index (χ2v) is 6.72. The van der Waals surface area contributed by atoms with Gasteiger partial charge in [-0.3, -0.25) is 9.59 Å². The summed E-state index contributed by atoms with van der Waals surface area (Å²) < 4.78 is 32.1. The van der Waals surface area contributed by atoms with Gasteiger partial charge in [-0.15, -0.1) is 0 Å². The quantitative estimate of drug-likeness (QED) is 0.724. The van der Waals surface area contributed by atoms with Crippen LogP contribution in [0.5, 0.6) is 5.75 Å². The molecule has 2 amide bonds. The molecule has 0 aliphatic carbocycles. The van der Waals surface area contributed by atoms with E-state index in [4.69, 9.17) is 4.74 Å². The van der Waals surface area contributed by atoms with Crippen LogP contribution in [0.1, 0.15) is 17.5 Å². The van der Waals surface area contributed by atoms with E-state index in [9.17, 15) is 18.4 Å². The van der Waals surface area contributed by atoms with Gasteiger partial charge in [-0.1, -0.05) is 24.3 Å². The van der Waals surface area contributed by atoms with Crippen LogP contribution >= 0.6 is 0 Å². The molecular weight excluding hydrogens is 378 g/mol. The predicted octanol–water partition coefficient (Wildman–Crippen LogP) is 3.25. The van der Waals surface area contributed by atoms with Crippen molar-refractivity contribution >= 4 is 17.9 Å². The molecular formula is C22H22F2N2O3. The van der Waals surface area contributed by atoms with Gasteiger partial charge >= 0.3 is 0 Å². The van der Waals surface area contributed by atoms with Crippen LogP contribution in [-0.4, -0.2) is 48.4 Å².